The van der Waals surface area contributed by atoms with E-state index in [1.54, 1.807) is 24.3 Å². The van der Waals surface area contributed by atoms with Crippen LogP contribution in [0.4, 0.5) is 27.4 Å². The lowest BCUT2D eigenvalue weighted by atomic mass is 10.1. The Morgan fingerprint density at radius 2 is 1.52 bits per heavy atom. The first-order valence-corrected chi connectivity index (χ1v) is 7.30. The smallest absolute Gasteiger partial charge is 0.146 e. The van der Waals surface area contributed by atoms with E-state index in [9.17, 15) is 4.39 Å². The largest absolute Gasteiger partial charge is 0.340 e. The third-order valence-electron chi connectivity index (χ3n) is 3.46. The minimum atomic E-state index is -0.324. The molecule has 1 heterocycles. The molecule has 2 N–H and O–H groups in total. The van der Waals surface area contributed by atoms with Gasteiger partial charge in [-0.3, -0.25) is 0 Å². The number of anilines is 4. The van der Waals surface area contributed by atoms with Gasteiger partial charge in [0.05, 0.1) is 5.69 Å². The van der Waals surface area contributed by atoms with Crippen LogP contribution in [0.15, 0.2) is 54.9 Å². The number of halogens is 1. The molecule has 0 atom stereocenters. The van der Waals surface area contributed by atoms with Crippen molar-refractivity contribution in [3.05, 3.63) is 71.8 Å². The van der Waals surface area contributed by atoms with Crippen LogP contribution in [-0.4, -0.2) is 9.97 Å². The van der Waals surface area contributed by atoms with Gasteiger partial charge in [-0.2, -0.15) is 0 Å². The summed E-state index contributed by atoms with van der Waals surface area (Å²) in [7, 11) is 0. The monoisotopic (exact) mass is 308 g/mol. The van der Waals surface area contributed by atoms with Gasteiger partial charge in [-0.05, 0) is 43.2 Å². The molecule has 0 saturated heterocycles. The van der Waals surface area contributed by atoms with E-state index in [2.05, 4.69) is 38.8 Å². The van der Waals surface area contributed by atoms with E-state index in [-0.39, 0.29) is 5.82 Å². The minimum Gasteiger partial charge on any atom is -0.340 e. The molecule has 23 heavy (non-hydrogen) atoms. The van der Waals surface area contributed by atoms with Crippen molar-refractivity contribution in [2.24, 2.45) is 0 Å². The van der Waals surface area contributed by atoms with E-state index in [1.165, 1.54) is 12.4 Å². The number of hydrogen-bond acceptors (Lipinski definition) is 4. The second-order valence-corrected chi connectivity index (χ2v) is 5.34. The number of benzene rings is 2. The van der Waals surface area contributed by atoms with Crippen LogP contribution in [0.25, 0.3) is 0 Å². The van der Waals surface area contributed by atoms with Crippen LogP contribution in [-0.2, 0) is 0 Å². The van der Waals surface area contributed by atoms with E-state index in [0.717, 1.165) is 16.8 Å². The molecule has 0 radical (unpaired) electrons. The molecule has 1 aromatic heterocycles. The molecule has 4 nitrogen and oxygen atoms in total. The van der Waals surface area contributed by atoms with Crippen molar-refractivity contribution in [3.8, 4) is 0 Å². The zero-order valence-corrected chi connectivity index (χ0v) is 13.0. The summed E-state index contributed by atoms with van der Waals surface area (Å²) in [5.41, 5.74) is 3.65. The summed E-state index contributed by atoms with van der Waals surface area (Å²) in [5, 5.41) is 6.23. The fourth-order valence-corrected chi connectivity index (χ4v) is 2.20. The summed E-state index contributed by atoms with van der Waals surface area (Å²) in [4.78, 5) is 8.34. The van der Waals surface area contributed by atoms with Gasteiger partial charge in [0, 0.05) is 11.8 Å². The van der Waals surface area contributed by atoms with E-state index in [4.69, 9.17) is 0 Å². The van der Waals surface area contributed by atoms with Crippen molar-refractivity contribution in [3.63, 3.8) is 0 Å². The SMILES string of the molecule is Cc1ccc(C)c(Nc2cc(Nc3ccccc3F)ncn2)c1. The highest BCUT2D eigenvalue weighted by molar-refractivity contribution is 5.65. The summed E-state index contributed by atoms with van der Waals surface area (Å²) in [5.74, 6) is 0.848. The van der Waals surface area contributed by atoms with Crippen molar-refractivity contribution in [1.29, 1.82) is 0 Å². The number of para-hydroxylation sites is 1. The molecule has 2 aromatic carbocycles. The average Bonchev–Trinajstić information content (AvgIpc) is 2.54. The van der Waals surface area contributed by atoms with Gasteiger partial charge in [0.2, 0.25) is 0 Å². The lowest BCUT2D eigenvalue weighted by Gasteiger charge is -2.11. The number of rotatable bonds is 4. The average molecular weight is 308 g/mol. The summed E-state index contributed by atoms with van der Waals surface area (Å²) >= 11 is 0. The maximum atomic E-state index is 13.7. The summed E-state index contributed by atoms with van der Waals surface area (Å²) in [6, 6.07) is 14.4. The third-order valence-corrected chi connectivity index (χ3v) is 3.46. The molecule has 0 bridgehead atoms. The summed E-state index contributed by atoms with van der Waals surface area (Å²) in [6.45, 7) is 4.07. The molecule has 116 valence electrons. The zero-order chi connectivity index (χ0) is 16.2. The molecule has 0 amide bonds. The highest BCUT2D eigenvalue weighted by atomic mass is 19.1. The molecule has 0 spiro atoms. The minimum absolute atomic E-state index is 0.324. The lowest BCUT2D eigenvalue weighted by molar-refractivity contribution is 0.632. The second kappa shape index (κ2) is 6.44. The lowest BCUT2D eigenvalue weighted by Crippen LogP contribution is -2.00. The Balaban J connectivity index is 1.83. The molecule has 3 aromatic rings. The van der Waals surface area contributed by atoms with Crippen molar-refractivity contribution >= 4 is 23.0 Å². The Morgan fingerprint density at radius 3 is 2.26 bits per heavy atom. The Labute approximate surface area is 134 Å². The fourth-order valence-electron chi connectivity index (χ4n) is 2.20. The van der Waals surface area contributed by atoms with Crippen LogP contribution in [0.2, 0.25) is 0 Å². The molecule has 0 unspecified atom stereocenters. The maximum absolute atomic E-state index is 13.7. The summed E-state index contributed by atoms with van der Waals surface area (Å²) in [6.07, 6.45) is 1.44. The molecule has 0 fully saturated rings. The van der Waals surface area contributed by atoms with Gasteiger partial charge in [-0.25, -0.2) is 14.4 Å². The van der Waals surface area contributed by atoms with Crippen LogP contribution in [0.1, 0.15) is 11.1 Å². The Hall–Kier alpha value is -2.95. The standard InChI is InChI=1S/C18H17FN4/c1-12-7-8-13(2)16(9-12)23-18-10-17(20-11-21-18)22-15-6-4-3-5-14(15)19/h3-11H,1-2H3,(H2,20,21,22,23). The first-order chi connectivity index (χ1) is 11.1. The van der Waals surface area contributed by atoms with Gasteiger partial charge in [0.1, 0.15) is 23.8 Å². The van der Waals surface area contributed by atoms with E-state index in [1.807, 2.05) is 13.8 Å². The predicted octanol–water partition coefficient (Wildman–Crippen LogP) is 4.72. The highest BCUT2D eigenvalue weighted by Gasteiger charge is 2.05. The number of hydrogen-bond donors (Lipinski definition) is 2. The van der Waals surface area contributed by atoms with Crippen LogP contribution < -0.4 is 10.6 Å². The first-order valence-electron chi connectivity index (χ1n) is 7.30. The molecule has 0 aliphatic heterocycles. The van der Waals surface area contributed by atoms with Crippen LogP contribution in [0, 0.1) is 19.7 Å². The maximum Gasteiger partial charge on any atom is 0.146 e. The van der Waals surface area contributed by atoms with E-state index >= 15 is 0 Å². The van der Waals surface area contributed by atoms with E-state index in [0.29, 0.717) is 17.3 Å². The van der Waals surface area contributed by atoms with Crippen LogP contribution in [0.3, 0.4) is 0 Å². The molecule has 0 saturated carbocycles. The predicted molar refractivity (Wildman–Crippen MR) is 90.9 cm³/mol. The fraction of sp³-hybridized carbons (Fsp3) is 0.111. The van der Waals surface area contributed by atoms with Crippen molar-refractivity contribution in [1.82, 2.24) is 9.97 Å². The number of nitrogens with one attached hydrogen (secondary N) is 2. The topological polar surface area (TPSA) is 49.8 Å². The van der Waals surface area contributed by atoms with Crippen molar-refractivity contribution in [2.75, 3.05) is 10.6 Å². The first kappa shape index (κ1) is 15.0. The Morgan fingerprint density at radius 1 is 0.826 bits per heavy atom. The van der Waals surface area contributed by atoms with Gasteiger partial charge in [0.15, 0.2) is 0 Å². The molecular weight excluding hydrogens is 291 g/mol. The number of aromatic nitrogens is 2. The van der Waals surface area contributed by atoms with Gasteiger partial charge in [0.25, 0.3) is 0 Å². The number of aryl methyl sites for hydroxylation is 2. The molecule has 3 rings (SSSR count). The summed E-state index contributed by atoms with van der Waals surface area (Å²) < 4.78 is 13.7. The Kier molecular flexibility index (Phi) is 4.19. The molecule has 0 aliphatic carbocycles. The normalized spacial score (nSPS) is 10.4. The third kappa shape index (κ3) is 3.63. The van der Waals surface area contributed by atoms with Gasteiger partial charge in [-0.15, -0.1) is 0 Å². The van der Waals surface area contributed by atoms with Gasteiger partial charge < -0.3 is 10.6 Å². The highest BCUT2D eigenvalue weighted by Crippen LogP contribution is 2.23. The zero-order valence-electron chi connectivity index (χ0n) is 13.0. The van der Waals surface area contributed by atoms with Crippen LogP contribution >= 0.6 is 0 Å². The van der Waals surface area contributed by atoms with Crippen LogP contribution in [0.5, 0.6) is 0 Å². The van der Waals surface area contributed by atoms with Crippen molar-refractivity contribution in [2.45, 2.75) is 13.8 Å². The van der Waals surface area contributed by atoms with Crippen molar-refractivity contribution < 1.29 is 4.39 Å². The van der Waals surface area contributed by atoms with Gasteiger partial charge >= 0.3 is 0 Å². The second-order valence-electron chi connectivity index (χ2n) is 5.34. The molecule has 0 aliphatic rings. The molecular formula is C18H17FN4. The Bertz CT molecular complexity index is 833. The quantitative estimate of drug-likeness (QED) is 0.732. The molecule has 5 heteroatoms. The number of nitrogens with zero attached hydrogens (tertiary/aromatic N) is 2. The van der Waals surface area contributed by atoms with Gasteiger partial charge in [-0.1, -0.05) is 24.3 Å². The van der Waals surface area contributed by atoms with E-state index < -0.39 is 0 Å².